The Morgan fingerprint density at radius 1 is 0.918 bits per heavy atom. The maximum atomic E-state index is 14.0. The Kier molecular flexibility index (Phi) is 12.2. The van der Waals surface area contributed by atoms with E-state index in [1.807, 2.05) is 65.6 Å². The van der Waals surface area contributed by atoms with E-state index in [1.165, 1.54) is 20.2 Å². The zero-order valence-electron chi connectivity index (χ0n) is 29.6. The average molecular weight is 675 g/mol. The number of anilines is 1. The Bertz CT molecular complexity index is 1560. The van der Waals surface area contributed by atoms with Crippen molar-refractivity contribution >= 4 is 29.6 Å². The first kappa shape index (κ1) is 37.1. The summed E-state index contributed by atoms with van der Waals surface area (Å²) in [7, 11) is 0. The normalized spacial score (nSPS) is 17.8. The molecule has 1 aromatic heterocycles. The molecule has 4 unspecified atom stereocenters. The van der Waals surface area contributed by atoms with Crippen molar-refractivity contribution in [3.63, 3.8) is 0 Å². The molecule has 1 aliphatic rings. The molecule has 0 spiro atoms. The lowest BCUT2D eigenvalue weighted by Crippen LogP contribution is -2.59. The van der Waals surface area contributed by atoms with Gasteiger partial charge in [-0.15, -0.1) is 0 Å². The molecule has 2 heterocycles. The van der Waals surface area contributed by atoms with Crippen LogP contribution in [0.3, 0.4) is 0 Å². The fraction of sp³-hybridized carbons (Fsp3) is 0.486. The smallest absolute Gasteiger partial charge is 0.408 e. The van der Waals surface area contributed by atoms with Gasteiger partial charge in [-0.25, -0.2) is 9.78 Å². The first-order valence-electron chi connectivity index (χ1n) is 16.7. The van der Waals surface area contributed by atoms with Crippen LogP contribution in [0.4, 0.5) is 10.6 Å². The molecule has 0 saturated carbocycles. The fourth-order valence-corrected chi connectivity index (χ4v) is 5.86. The lowest BCUT2D eigenvalue weighted by molar-refractivity contribution is -0.136. The van der Waals surface area contributed by atoms with Crippen molar-refractivity contribution in [3.8, 4) is 0 Å². The number of hydrogen-bond acceptors (Lipinski definition) is 7. The highest BCUT2D eigenvalue weighted by atomic mass is 16.6. The van der Waals surface area contributed by atoms with Gasteiger partial charge in [-0.3, -0.25) is 14.4 Å². The van der Waals surface area contributed by atoms with E-state index in [2.05, 4.69) is 34.8 Å². The number of likely N-dealkylation sites (tertiary alicyclic amines) is 1. The Morgan fingerprint density at radius 2 is 1.53 bits per heavy atom. The molecule has 1 fully saturated rings. The molecule has 3 aromatic rings. The van der Waals surface area contributed by atoms with E-state index in [0.29, 0.717) is 24.9 Å². The van der Waals surface area contributed by atoms with Crippen molar-refractivity contribution in [3.05, 3.63) is 84.3 Å². The highest BCUT2D eigenvalue weighted by molar-refractivity contribution is 5.98. The summed E-state index contributed by atoms with van der Waals surface area (Å²) >= 11 is 0. The maximum Gasteiger partial charge on any atom is 0.408 e. The van der Waals surface area contributed by atoms with E-state index in [4.69, 9.17) is 9.47 Å². The zero-order chi connectivity index (χ0) is 35.8. The predicted molar refractivity (Wildman–Crippen MR) is 186 cm³/mol. The number of benzene rings is 2. The number of hydrogen-bond donors (Lipinski definition) is 3. The third-order valence-electron chi connectivity index (χ3n) is 8.08. The molecule has 12 nitrogen and oxygen atoms in total. The molecule has 1 saturated heterocycles. The van der Waals surface area contributed by atoms with E-state index in [-0.39, 0.29) is 24.9 Å². The van der Waals surface area contributed by atoms with Crippen LogP contribution in [0.5, 0.6) is 0 Å². The molecular weight excluding hydrogens is 624 g/mol. The molecule has 4 rings (SSSR count). The maximum absolute atomic E-state index is 14.0. The van der Waals surface area contributed by atoms with Crippen LogP contribution < -0.4 is 16.0 Å². The molecular formula is C37H50N6O6. The predicted octanol–water partition coefficient (Wildman–Crippen LogP) is 4.92. The van der Waals surface area contributed by atoms with Gasteiger partial charge in [0.1, 0.15) is 23.2 Å². The molecule has 0 radical (unpaired) electrons. The first-order valence-corrected chi connectivity index (χ1v) is 16.7. The number of carbonyl (C=O) groups is 4. The summed E-state index contributed by atoms with van der Waals surface area (Å²) < 4.78 is 12.9. The number of nitrogens with zero attached hydrogens (tertiary/aromatic N) is 3. The van der Waals surface area contributed by atoms with Crippen LogP contribution in [-0.2, 0) is 30.5 Å². The fourth-order valence-electron chi connectivity index (χ4n) is 5.86. The summed E-state index contributed by atoms with van der Waals surface area (Å²) in [6.07, 6.45) is 3.44. The number of carbonyl (C=O) groups excluding carboxylic acids is 4. The largest absolute Gasteiger partial charge is 0.444 e. The molecule has 0 aliphatic carbocycles. The minimum Gasteiger partial charge on any atom is -0.444 e. The zero-order valence-corrected chi connectivity index (χ0v) is 29.6. The van der Waals surface area contributed by atoms with E-state index < -0.39 is 41.1 Å². The third-order valence-corrected chi connectivity index (χ3v) is 8.08. The van der Waals surface area contributed by atoms with Gasteiger partial charge in [-0.05, 0) is 64.0 Å². The van der Waals surface area contributed by atoms with Gasteiger partial charge in [0.25, 0.3) is 5.91 Å². The number of amides is 4. The van der Waals surface area contributed by atoms with Gasteiger partial charge >= 0.3 is 6.09 Å². The lowest BCUT2D eigenvalue weighted by atomic mass is 9.91. The number of piperidine rings is 1. The van der Waals surface area contributed by atoms with Crippen LogP contribution in [0.2, 0.25) is 0 Å². The van der Waals surface area contributed by atoms with Gasteiger partial charge in [-0.2, -0.15) is 0 Å². The molecule has 0 bridgehead atoms. The molecule has 49 heavy (non-hydrogen) atoms. The van der Waals surface area contributed by atoms with E-state index >= 15 is 0 Å². The van der Waals surface area contributed by atoms with Crippen LogP contribution in [-0.4, -0.2) is 75.1 Å². The van der Waals surface area contributed by atoms with Crippen molar-refractivity contribution in [1.82, 2.24) is 25.1 Å². The minimum absolute atomic E-state index is 0.0425. The van der Waals surface area contributed by atoms with Crippen LogP contribution in [0, 0.1) is 11.8 Å². The number of ether oxygens (including phenoxy) is 2. The van der Waals surface area contributed by atoms with Crippen LogP contribution in [0.25, 0.3) is 0 Å². The Morgan fingerprint density at radius 3 is 2.14 bits per heavy atom. The Hall–Kier alpha value is -4.71. The number of aromatic nitrogens is 2. The number of rotatable bonds is 12. The van der Waals surface area contributed by atoms with Gasteiger partial charge in [0.2, 0.25) is 11.8 Å². The van der Waals surface area contributed by atoms with Crippen molar-refractivity contribution in [1.29, 1.82) is 0 Å². The second kappa shape index (κ2) is 16.1. The highest BCUT2D eigenvalue weighted by Crippen LogP contribution is 2.27. The van der Waals surface area contributed by atoms with Crippen molar-refractivity contribution in [2.24, 2.45) is 11.8 Å². The second-order valence-corrected chi connectivity index (χ2v) is 14.5. The van der Waals surface area contributed by atoms with Gasteiger partial charge in [0, 0.05) is 19.3 Å². The molecule has 1 aliphatic heterocycles. The topological polar surface area (TPSA) is 144 Å². The van der Waals surface area contributed by atoms with Crippen molar-refractivity contribution in [2.45, 2.75) is 84.7 Å². The monoisotopic (exact) mass is 674 g/mol. The number of imidazole rings is 1. The summed E-state index contributed by atoms with van der Waals surface area (Å²) in [5, 5.41) is 8.06. The van der Waals surface area contributed by atoms with Gasteiger partial charge < -0.3 is 34.9 Å². The summed E-state index contributed by atoms with van der Waals surface area (Å²) in [6.45, 7) is 13.9. The summed E-state index contributed by atoms with van der Waals surface area (Å²) in [4.78, 5) is 59.9. The summed E-state index contributed by atoms with van der Waals surface area (Å²) in [6, 6.07) is 17.1. The summed E-state index contributed by atoms with van der Waals surface area (Å²) in [5.74, 6) is -0.260. The molecule has 3 N–H and O–H groups in total. The van der Waals surface area contributed by atoms with E-state index in [9.17, 15) is 19.2 Å². The number of alkyl carbamates (subject to hydrolysis) is 1. The molecule has 12 heteroatoms. The van der Waals surface area contributed by atoms with Gasteiger partial charge in [0.15, 0.2) is 5.82 Å². The Labute approximate surface area is 288 Å². The average Bonchev–Trinajstić information content (AvgIpc) is 3.47. The third kappa shape index (κ3) is 10.9. The van der Waals surface area contributed by atoms with Crippen LogP contribution >= 0.6 is 0 Å². The first-order chi connectivity index (χ1) is 23.1. The summed E-state index contributed by atoms with van der Waals surface area (Å²) in [5.41, 5.74) is -0.488. The minimum atomic E-state index is -1.42. The molecule has 4 amide bonds. The molecule has 2 aromatic carbocycles. The lowest BCUT2D eigenvalue weighted by Gasteiger charge is -2.37. The molecule has 4 atom stereocenters. The second-order valence-electron chi connectivity index (χ2n) is 14.5. The van der Waals surface area contributed by atoms with E-state index in [1.54, 1.807) is 31.5 Å². The van der Waals surface area contributed by atoms with Crippen LogP contribution in [0.15, 0.2) is 73.2 Å². The SMILES string of the molecule is CC1CC(C)CN(C(=O)C(c2ccccc2)n2cnc(NC(=O)C(COCc3ccccc3)NC(=O)C(C)(C)NC(=O)OC(C)(C)C)c2)C1. The van der Waals surface area contributed by atoms with E-state index in [0.717, 1.165) is 17.5 Å². The van der Waals surface area contributed by atoms with Gasteiger partial charge in [-0.1, -0.05) is 74.5 Å². The van der Waals surface area contributed by atoms with Crippen molar-refractivity contribution < 1.29 is 28.7 Å². The standard InChI is InChI=1S/C37H50N6O6/c1-25-18-26(2)20-42(19-25)33(45)31(28-16-12-9-13-17-28)43-21-30(38-24-43)40-32(44)29(23-48-22-27-14-10-8-11-15-27)39-34(46)37(6,7)41-35(47)49-36(3,4)5/h8-17,21,24-26,29,31H,18-20,22-23H2,1-7H3,(H,39,46)(H,40,44)(H,41,47). The number of nitrogens with one attached hydrogen (secondary N) is 3. The quantitative estimate of drug-likeness (QED) is 0.248. The van der Waals surface area contributed by atoms with Gasteiger partial charge in [0.05, 0.1) is 19.5 Å². The highest BCUT2D eigenvalue weighted by Gasteiger charge is 2.35. The van der Waals surface area contributed by atoms with Crippen molar-refractivity contribution in [2.75, 3.05) is 25.0 Å². The Balaban J connectivity index is 1.52. The van der Waals surface area contributed by atoms with Crippen LogP contribution in [0.1, 0.15) is 72.1 Å². The molecule has 264 valence electrons.